The number of carbonyl (C=O) groups is 2. The van der Waals surface area contributed by atoms with Gasteiger partial charge in [0.15, 0.2) is 0 Å². The van der Waals surface area contributed by atoms with Gasteiger partial charge in [-0.25, -0.2) is 4.79 Å². The Kier molecular flexibility index (Phi) is 6.89. The number of benzene rings is 1. The van der Waals surface area contributed by atoms with Gasteiger partial charge in [0, 0.05) is 43.7 Å². The van der Waals surface area contributed by atoms with Gasteiger partial charge in [-0.2, -0.15) is 0 Å². The highest BCUT2D eigenvalue weighted by atomic mass is 16.5. The summed E-state index contributed by atoms with van der Waals surface area (Å²) in [4.78, 5) is 30.5. The molecule has 3 amide bonds. The lowest BCUT2D eigenvalue weighted by atomic mass is 9.96. The van der Waals surface area contributed by atoms with E-state index < -0.39 is 0 Å². The minimum Gasteiger partial charge on any atom is -0.497 e. The van der Waals surface area contributed by atoms with E-state index in [0.717, 1.165) is 12.8 Å². The molecule has 1 aromatic heterocycles. The van der Waals surface area contributed by atoms with Gasteiger partial charge in [0.2, 0.25) is 0 Å². The fourth-order valence-corrected chi connectivity index (χ4v) is 3.32. The van der Waals surface area contributed by atoms with E-state index in [-0.39, 0.29) is 11.9 Å². The summed E-state index contributed by atoms with van der Waals surface area (Å²) in [6.45, 7) is 1.92. The predicted octanol–water partition coefficient (Wildman–Crippen LogP) is 2.77. The summed E-state index contributed by atoms with van der Waals surface area (Å²) in [5, 5.41) is 5.71. The third-order valence-corrected chi connectivity index (χ3v) is 5.04. The largest absolute Gasteiger partial charge is 0.497 e. The Labute approximate surface area is 170 Å². The topological polar surface area (TPSA) is 92.8 Å². The van der Waals surface area contributed by atoms with E-state index in [4.69, 9.17) is 9.47 Å². The Balaban J connectivity index is 1.44. The number of methoxy groups -OCH3 is 2. The molecule has 1 aliphatic rings. The van der Waals surface area contributed by atoms with E-state index in [9.17, 15) is 9.59 Å². The number of likely N-dealkylation sites (tertiary alicyclic amines) is 1. The highest BCUT2D eigenvalue weighted by Gasteiger charge is 2.24. The van der Waals surface area contributed by atoms with Crippen LogP contribution in [0.4, 0.5) is 10.5 Å². The average Bonchev–Trinajstić information content (AvgIpc) is 2.78. The first-order valence-corrected chi connectivity index (χ1v) is 9.57. The summed E-state index contributed by atoms with van der Waals surface area (Å²) in [6.07, 6.45) is 4.95. The summed E-state index contributed by atoms with van der Waals surface area (Å²) < 4.78 is 10.4. The summed E-state index contributed by atoms with van der Waals surface area (Å²) in [5.74, 6) is 1.55. The van der Waals surface area contributed by atoms with Gasteiger partial charge in [0.05, 0.1) is 19.9 Å². The van der Waals surface area contributed by atoms with Crippen molar-refractivity contribution < 1.29 is 19.1 Å². The summed E-state index contributed by atoms with van der Waals surface area (Å²) in [6, 6.07) is 8.38. The molecule has 3 rings (SSSR count). The van der Waals surface area contributed by atoms with Crippen molar-refractivity contribution in [2.24, 2.45) is 5.92 Å². The van der Waals surface area contributed by atoms with E-state index in [0.29, 0.717) is 48.3 Å². The van der Waals surface area contributed by atoms with Crippen molar-refractivity contribution >= 4 is 17.6 Å². The van der Waals surface area contributed by atoms with Crippen molar-refractivity contribution in [2.75, 3.05) is 39.2 Å². The highest BCUT2D eigenvalue weighted by molar-refractivity contribution is 5.94. The number of carbonyl (C=O) groups excluding carboxylic acids is 2. The molecule has 1 aromatic carbocycles. The molecule has 0 saturated carbocycles. The maximum absolute atomic E-state index is 12.5. The number of rotatable bonds is 6. The van der Waals surface area contributed by atoms with Crippen molar-refractivity contribution in [1.29, 1.82) is 0 Å². The van der Waals surface area contributed by atoms with Crippen molar-refractivity contribution in [3.8, 4) is 11.5 Å². The minimum absolute atomic E-state index is 0.0307. The number of anilines is 1. The molecule has 2 aromatic rings. The Hall–Kier alpha value is -3.29. The molecule has 0 spiro atoms. The fraction of sp³-hybridized carbons (Fsp3) is 0.381. The molecule has 0 bridgehead atoms. The number of aromatic nitrogens is 1. The monoisotopic (exact) mass is 398 g/mol. The molecule has 2 heterocycles. The van der Waals surface area contributed by atoms with Crippen LogP contribution in [0.25, 0.3) is 0 Å². The molecule has 154 valence electrons. The molecule has 1 aliphatic heterocycles. The first-order valence-electron chi connectivity index (χ1n) is 9.57. The molecule has 29 heavy (non-hydrogen) atoms. The minimum atomic E-state index is -0.288. The molecule has 8 heteroatoms. The Morgan fingerprint density at radius 2 is 1.83 bits per heavy atom. The van der Waals surface area contributed by atoms with Crippen LogP contribution >= 0.6 is 0 Å². The van der Waals surface area contributed by atoms with Crippen LogP contribution in [-0.4, -0.2) is 55.7 Å². The molecule has 2 N–H and O–H groups in total. The second kappa shape index (κ2) is 9.77. The average molecular weight is 398 g/mol. The molecular weight excluding hydrogens is 372 g/mol. The number of urea groups is 1. The van der Waals surface area contributed by atoms with Gasteiger partial charge < -0.3 is 25.0 Å². The van der Waals surface area contributed by atoms with Crippen LogP contribution in [0.5, 0.6) is 11.5 Å². The SMILES string of the molecule is COc1ccc(NC(=O)NCC2CCN(C(=O)c3ccncc3)CC2)c(OC)c1. The maximum atomic E-state index is 12.5. The zero-order valence-corrected chi connectivity index (χ0v) is 16.7. The lowest BCUT2D eigenvalue weighted by Crippen LogP contribution is -2.42. The number of hydrogen-bond donors (Lipinski definition) is 2. The predicted molar refractivity (Wildman–Crippen MR) is 109 cm³/mol. The van der Waals surface area contributed by atoms with Crippen LogP contribution in [0.3, 0.4) is 0 Å². The quantitative estimate of drug-likeness (QED) is 0.781. The molecule has 1 fully saturated rings. The first-order chi connectivity index (χ1) is 14.1. The molecular formula is C21H26N4O4. The van der Waals surface area contributed by atoms with Crippen LogP contribution in [0.15, 0.2) is 42.7 Å². The molecule has 0 aliphatic carbocycles. The van der Waals surface area contributed by atoms with Crippen molar-refractivity contribution in [3.05, 3.63) is 48.3 Å². The lowest BCUT2D eigenvalue weighted by molar-refractivity contribution is 0.0690. The number of amides is 3. The lowest BCUT2D eigenvalue weighted by Gasteiger charge is -2.32. The zero-order chi connectivity index (χ0) is 20.6. The third kappa shape index (κ3) is 5.37. The van der Waals surface area contributed by atoms with Gasteiger partial charge in [-0.1, -0.05) is 0 Å². The third-order valence-electron chi connectivity index (χ3n) is 5.04. The Morgan fingerprint density at radius 3 is 2.48 bits per heavy atom. The number of ether oxygens (including phenoxy) is 2. The van der Waals surface area contributed by atoms with E-state index in [1.807, 2.05) is 4.90 Å². The number of nitrogens with zero attached hydrogens (tertiary/aromatic N) is 2. The second-order valence-corrected chi connectivity index (χ2v) is 6.87. The van der Waals surface area contributed by atoms with Gasteiger partial charge in [0.1, 0.15) is 11.5 Å². The normalized spacial score (nSPS) is 14.2. The second-order valence-electron chi connectivity index (χ2n) is 6.87. The van der Waals surface area contributed by atoms with Crippen LogP contribution in [0, 0.1) is 5.92 Å². The van der Waals surface area contributed by atoms with Gasteiger partial charge in [-0.3, -0.25) is 9.78 Å². The molecule has 0 radical (unpaired) electrons. The van der Waals surface area contributed by atoms with Crippen LogP contribution in [-0.2, 0) is 0 Å². The Morgan fingerprint density at radius 1 is 1.10 bits per heavy atom. The molecule has 0 atom stereocenters. The van der Waals surface area contributed by atoms with Crippen molar-refractivity contribution in [1.82, 2.24) is 15.2 Å². The molecule has 0 unspecified atom stereocenters. The number of pyridine rings is 1. The summed E-state index contributed by atoms with van der Waals surface area (Å²) in [5.41, 5.74) is 1.23. The van der Waals surface area contributed by atoms with E-state index >= 15 is 0 Å². The van der Waals surface area contributed by atoms with Crippen LogP contribution in [0.2, 0.25) is 0 Å². The smallest absolute Gasteiger partial charge is 0.319 e. The van der Waals surface area contributed by atoms with Gasteiger partial charge in [-0.05, 0) is 43.0 Å². The molecule has 8 nitrogen and oxygen atoms in total. The number of nitrogens with one attached hydrogen (secondary N) is 2. The van der Waals surface area contributed by atoms with Crippen molar-refractivity contribution in [2.45, 2.75) is 12.8 Å². The number of hydrogen-bond acceptors (Lipinski definition) is 5. The van der Waals surface area contributed by atoms with Gasteiger partial charge in [0.25, 0.3) is 5.91 Å². The zero-order valence-electron chi connectivity index (χ0n) is 16.7. The van der Waals surface area contributed by atoms with E-state index in [2.05, 4.69) is 15.6 Å². The standard InChI is InChI=1S/C21H26N4O4/c1-28-17-3-4-18(19(13-17)29-2)24-21(27)23-14-15-7-11-25(12-8-15)20(26)16-5-9-22-10-6-16/h3-6,9-10,13,15H,7-8,11-12,14H2,1-2H3,(H2,23,24,27). The van der Waals surface area contributed by atoms with Gasteiger partial charge >= 0.3 is 6.03 Å². The summed E-state index contributed by atoms with van der Waals surface area (Å²) in [7, 11) is 3.11. The number of piperidine rings is 1. The van der Waals surface area contributed by atoms with E-state index in [1.54, 1.807) is 56.9 Å². The van der Waals surface area contributed by atoms with Crippen molar-refractivity contribution in [3.63, 3.8) is 0 Å². The van der Waals surface area contributed by atoms with Gasteiger partial charge in [-0.15, -0.1) is 0 Å². The maximum Gasteiger partial charge on any atom is 0.319 e. The fourth-order valence-electron chi connectivity index (χ4n) is 3.32. The highest BCUT2D eigenvalue weighted by Crippen LogP contribution is 2.29. The van der Waals surface area contributed by atoms with Crippen LogP contribution in [0.1, 0.15) is 23.2 Å². The summed E-state index contributed by atoms with van der Waals surface area (Å²) >= 11 is 0. The molecule has 1 saturated heterocycles. The van der Waals surface area contributed by atoms with E-state index in [1.165, 1.54) is 0 Å². The Bertz CT molecular complexity index is 836. The van der Waals surface area contributed by atoms with Crippen LogP contribution < -0.4 is 20.1 Å². The first kappa shape index (κ1) is 20.4.